The fourth-order valence-corrected chi connectivity index (χ4v) is 6.10. The third-order valence-corrected chi connectivity index (χ3v) is 8.05. The van der Waals surface area contributed by atoms with Crippen molar-refractivity contribution in [2.45, 2.75) is 56.5 Å². The summed E-state index contributed by atoms with van der Waals surface area (Å²) in [5.41, 5.74) is 1.57. The molecule has 3 amide bonds. The molecule has 1 aromatic rings. The number of amides is 3. The lowest BCUT2D eigenvalue weighted by Crippen LogP contribution is -2.53. The third-order valence-electron chi connectivity index (χ3n) is 8.05. The molecule has 0 unspecified atom stereocenters. The van der Waals surface area contributed by atoms with Gasteiger partial charge in [0.1, 0.15) is 5.82 Å². The van der Waals surface area contributed by atoms with Crippen molar-refractivity contribution in [1.82, 2.24) is 15.1 Å². The van der Waals surface area contributed by atoms with E-state index in [9.17, 15) is 14.0 Å². The van der Waals surface area contributed by atoms with Crippen LogP contribution in [0.4, 0.5) is 19.7 Å². The van der Waals surface area contributed by atoms with Crippen molar-refractivity contribution in [3.8, 4) is 0 Å². The number of hydrogen-bond donors (Lipinski definition) is 1. The summed E-state index contributed by atoms with van der Waals surface area (Å²) in [6.07, 6.45) is 4.26. The first kappa shape index (κ1) is 23.4. The Morgan fingerprint density at radius 1 is 1.18 bits per heavy atom. The molecule has 34 heavy (non-hydrogen) atoms. The number of ether oxygens (including phenoxy) is 2. The molecule has 1 spiro atoms. The maximum Gasteiger partial charge on any atom is 0.409 e. The normalized spacial score (nSPS) is 24.9. The van der Waals surface area contributed by atoms with Crippen LogP contribution in [-0.2, 0) is 14.9 Å². The van der Waals surface area contributed by atoms with E-state index >= 15 is 0 Å². The molecule has 4 aliphatic heterocycles. The van der Waals surface area contributed by atoms with Gasteiger partial charge in [-0.25, -0.2) is 14.0 Å². The van der Waals surface area contributed by atoms with Gasteiger partial charge in [0.2, 0.25) is 0 Å². The van der Waals surface area contributed by atoms with E-state index in [1.165, 1.54) is 6.07 Å². The van der Waals surface area contributed by atoms with Gasteiger partial charge in [0.15, 0.2) is 0 Å². The zero-order valence-corrected chi connectivity index (χ0v) is 19.9. The van der Waals surface area contributed by atoms with Gasteiger partial charge in [-0.15, -0.1) is 0 Å². The van der Waals surface area contributed by atoms with E-state index in [4.69, 9.17) is 9.47 Å². The molecule has 0 aliphatic carbocycles. The molecule has 8 nitrogen and oxygen atoms in total. The maximum absolute atomic E-state index is 14.3. The molecule has 3 fully saturated rings. The number of carbonyl (C=O) groups is 2. The molecular weight excluding hydrogens is 439 g/mol. The van der Waals surface area contributed by atoms with Crippen LogP contribution >= 0.6 is 0 Å². The van der Waals surface area contributed by atoms with Crippen molar-refractivity contribution in [2.75, 3.05) is 57.4 Å². The minimum atomic E-state index is -0.252. The molecule has 1 N–H and O–H groups in total. The molecule has 0 aromatic heterocycles. The monoisotopic (exact) mass is 474 g/mol. The summed E-state index contributed by atoms with van der Waals surface area (Å²) in [5.74, 6) is -0.252. The molecule has 3 saturated heterocycles. The number of anilines is 1. The predicted molar refractivity (Wildman–Crippen MR) is 126 cm³/mol. The van der Waals surface area contributed by atoms with Crippen LogP contribution in [0.3, 0.4) is 0 Å². The highest BCUT2D eigenvalue weighted by atomic mass is 19.1. The molecule has 5 rings (SSSR count). The van der Waals surface area contributed by atoms with E-state index in [-0.39, 0.29) is 29.4 Å². The van der Waals surface area contributed by atoms with Gasteiger partial charge >= 0.3 is 12.1 Å². The minimum absolute atomic E-state index is 0.0373. The summed E-state index contributed by atoms with van der Waals surface area (Å²) < 4.78 is 24.8. The molecule has 1 aromatic carbocycles. The van der Waals surface area contributed by atoms with Crippen LogP contribution < -0.4 is 10.2 Å². The second-order valence-electron chi connectivity index (χ2n) is 9.99. The van der Waals surface area contributed by atoms with Crippen molar-refractivity contribution < 1.29 is 23.5 Å². The van der Waals surface area contributed by atoms with Crippen LogP contribution in [0.15, 0.2) is 18.2 Å². The van der Waals surface area contributed by atoms with Crippen LogP contribution in [0.2, 0.25) is 0 Å². The molecule has 9 heteroatoms. The Kier molecular flexibility index (Phi) is 6.66. The van der Waals surface area contributed by atoms with Crippen LogP contribution in [0.1, 0.15) is 44.6 Å². The zero-order valence-electron chi connectivity index (χ0n) is 19.9. The molecular formula is C25H35FN4O4. The van der Waals surface area contributed by atoms with Gasteiger partial charge in [-0.2, -0.15) is 0 Å². The van der Waals surface area contributed by atoms with E-state index < -0.39 is 0 Å². The Balaban J connectivity index is 1.24. The molecule has 4 aliphatic rings. The third kappa shape index (κ3) is 4.47. The van der Waals surface area contributed by atoms with Gasteiger partial charge in [0.05, 0.1) is 19.3 Å². The fourth-order valence-electron chi connectivity index (χ4n) is 6.10. The smallest absolute Gasteiger partial charge is 0.409 e. The van der Waals surface area contributed by atoms with Crippen LogP contribution in [0.5, 0.6) is 0 Å². The van der Waals surface area contributed by atoms with Gasteiger partial charge in [0, 0.05) is 43.4 Å². The van der Waals surface area contributed by atoms with Crippen molar-refractivity contribution >= 4 is 17.8 Å². The number of likely N-dealkylation sites (tertiary alicyclic amines) is 2. The van der Waals surface area contributed by atoms with Gasteiger partial charge in [-0.3, -0.25) is 4.90 Å². The number of piperidine rings is 2. The van der Waals surface area contributed by atoms with Crippen LogP contribution in [0.25, 0.3) is 0 Å². The number of fused-ring (bicyclic) bond motifs is 2. The minimum Gasteiger partial charge on any atom is -0.450 e. The van der Waals surface area contributed by atoms with Gasteiger partial charge < -0.3 is 24.6 Å². The second-order valence-corrected chi connectivity index (χ2v) is 9.99. The molecule has 0 saturated carbocycles. The predicted octanol–water partition coefficient (Wildman–Crippen LogP) is 3.10. The lowest BCUT2D eigenvalue weighted by Gasteiger charge is -2.45. The van der Waals surface area contributed by atoms with Gasteiger partial charge in [-0.1, -0.05) is 0 Å². The quantitative estimate of drug-likeness (QED) is 0.729. The first-order chi connectivity index (χ1) is 16.5. The average molecular weight is 475 g/mol. The summed E-state index contributed by atoms with van der Waals surface area (Å²) in [5, 5.41) is 3.10. The van der Waals surface area contributed by atoms with E-state index in [2.05, 4.69) is 10.2 Å². The largest absolute Gasteiger partial charge is 0.450 e. The Bertz CT molecular complexity index is 906. The number of rotatable bonds is 3. The van der Waals surface area contributed by atoms with Gasteiger partial charge in [0.25, 0.3) is 0 Å². The van der Waals surface area contributed by atoms with Crippen molar-refractivity contribution in [3.05, 3.63) is 29.6 Å². The van der Waals surface area contributed by atoms with Crippen molar-refractivity contribution in [3.63, 3.8) is 0 Å². The lowest BCUT2D eigenvalue weighted by molar-refractivity contribution is 0.0580. The number of benzene rings is 1. The van der Waals surface area contributed by atoms with E-state index in [0.717, 1.165) is 69.5 Å². The number of urea groups is 1. The van der Waals surface area contributed by atoms with Crippen molar-refractivity contribution in [1.29, 1.82) is 0 Å². The number of carbonyl (C=O) groups excluding carboxylic acids is 2. The highest BCUT2D eigenvalue weighted by Crippen LogP contribution is 2.47. The Morgan fingerprint density at radius 3 is 2.62 bits per heavy atom. The fraction of sp³-hybridized carbons (Fsp3) is 0.680. The highest BCUT2D eigenvalue weighted by molar-refractivity contribution is 5.95. The topological polar surface area (TPSA) is 74.4 Å². The first-order valence-electron chi connectivity index (χ1n) is 12.6. The summed E-state index contributed by atoms with van der Waals surface area (Å²) >= 11 is 0. The Morgan fingerprint density at radius 2 is 1.94 bits per heavy atom. The molecule has 0 radical (unpaired) electrons. The van der Waals surface area contributed by atoms with Gasteiger partial charge in [-0.05, 0) is 75.9 Å². The lowest BCUT2D eigenvalue weighted by atomic mass is 9.74. The van der Waals surface area contributed by atoms with Crippen LogP contribution in [-0.4, -0.2) is 86.6 Å². The first-order valence-corrected chi connectivity index (χ1v) is 12.6. The number of nitrogens with one attached hydrogen (secondary N) is 1. The highest BCUT2D eigenvalue weighted by Gasteiger charge is 2.47. The average Bonchev–Trinajstić information content (AvgIpc) is 3.46. The number of nitrogens with zero attached hydrogens (tertiary/aromatic N) is 3. The zero-order chi connectivity index (χ0) is 23.7. The number of hydrogen-bond acceptors (Lipinski definition) is 5. The molecule has 1 atom stereocenters. The second kappa shape index (κ2) is 9.70. The Labute approximate surface area is 200 Å². The van der Waals surface area contributed by atoms with E-state index in [1.807, 2.05) is 6.92 Å². The summed E-state index contributed by atoms with van der Waals surface area (Å²) in [6, 6.07) is 5.20. The summed E-state index contributed by atoms with van der Waals surface area (Å²) in [7, 11) is 0. The molecule has 0 bridgehead atoms. The van der Waals surface area contributed by atoms with Crippen LogP contribution in [0, 0.1) is 5.82 Å². The molecule has 4 heterocycles. The summed E-state index contributed by atoms with van der Waals surface area (Å²) in [4.78, 5) is 31.3. The SMILES string of the molecule is CCOC(=O)N1CCC(N2CCC3(CC2)CN(C(=O)N[C@H]2CCOC2)c2ccc(F)cc23)CC1. The van der Waals surface area contributed by atoms with E-state index in [0.29, 0.717) is 32.4 Å². The van der Waals surface area contributed by atoms with E-state index in [1.54, 1.807) is 21.9 Å². The molecule has 186 valence electrons. The maximum atomic E-state index is 14.3. The standard InChI is InChI=1S/C25H35FN4O4/c1-2-34-24(32)29-10-5-20(6-11-29)28-12-8-25(9-13-28)17-30(22-4-3-18(26)15-21(22)25)23(31)27-19-7-14-33-16-19/h3-4,15,19-20H,2,5-14,16-17H2,1H3,(H,27,31)/t19-/m0/s1. The summed E-state index contributed by atoms with van der Waals surface area (Å²) in [6.45, 7) is 7.29. The number of halogens is 1. The van der Waals surface area contributed by atoms with Crippen molar-refractivity contribution in [2.24, 2.45) is 0 Å². The Hall–Kier alpha value is -2.39.